The number of amides is 1. The van der Waals surface area contributed by atoms with Crippen molar-refractivity contribution in [2.75, 3.05) is 11.9 Å². The number of nitrogens with two attached hydrogens (primary N) is 1. The molecule has 93 valence electrons. The van der Waals surface area contributed by atoms with Gasteiger partial charge in [0.25, 0.3) is 5.91 Å². The molecule has 18 heavy (non-hydrogen) atoms. The molecule has 0 aliphatic rings. The lowest BCUT2D eigenvalue weighted by molar-refractivity contribution is 0.0994. The van der Waals surface area contributed by atoms with E-state index in [1.165, 1.54) is 0 Å². The van der Waals surface area contributed by atoms with Crippen molar-refractivity contribution in [3.05, 3.63) is 34.8 Å². The minimum absolute atomic E-state index is 0.134. The molecule has 0 bridgehead atoms. The molecule has 0 unspecified atom stereocenters. The van der Waals surface area contributed by atoms with Gasteiger partial charge in [0.2, 0.25) is 5.95 Å². The summed E-state index contributed by atoms with van der Waals surface area (Å²) in [5.41, 5.74) is 5.21. The van der Waals surface area contributed by atoms with E-state index < -0.39 is 5.91 Å². The molecule has 2 aromatic heterocycles. The SMILES string of the molecule is NC(=O)c1[c]cn(CCNc2ncc(Br)cn2)n1. The molecule has 7 nitrogen and oxygen atoms in total. The van der Waals surface area contributed by atoms with Crippen molar-refractivity contribution in [3.63, 3.8) is 0 Å². The first kappa shape index (κ1) is 12.5. The van der Waals surface area contributed by atoms with Crippen LogP contribution in [0.5, 0.6) is 0 Å². The number of anilines is 1. The normalized spacial score (nSPS) is 10.3. The van der Waals surface area contributed by atoms with E-state index in [1.54, 1.807) is 23.3 Å². The Bertz CT molecular complexity index is 538. The van der Waals surface area contributed by atoms with Crippen molar-refractivity contribution in [2.45, 2.75) is 6.54 Å². The zero-order valence-electron chi connectivity index (χ0n) is 9.30. The second-order valence-corrected chi connectivity index (χ2v) is 4.32. The third-order valence-corrected chi connectivity index (χ3v) is 2.47. The standard InChI is InChI=1S/C10H10BrN6O/c11-7-5-14-10(15-6-7)13-2-4-17-3-1-8(16-17)9(12)18/h3,5-6H,2,4H2,(H2,12,18)(H,13,14,15). The summed E-state index contributed by atoms with van der Waals surface area (Å²) in [6, 6.07) is 2.67. The molecule has 0 fully saturated rings. The highest BCUT2D eigenvalue weighted by molar-refractivity contribution is 9.10. The number of hydrogen-bond donors (Lipinski definition) is 2. The lowest BCUT2D eigenvalue weighted by Gasteiger charge is -2.04. The third-order valence-electron chi connectivity index (χ3n) is 2.06. The van der Waals surface area contributed by atoms with Gasteiger partial charge in [0.15, 0.2) is 5.69 Å². The molecule has 0 saturated heterocycles. The molecule has 0 atom stereocenters. The van der Waals surface area contributed by atoms with Crippen LogP contribution in [0.25, 0.3) is 0 Å². The highest BCUT2D eigenvalue weighted by Gasteiger charge is 2.04. The summed E-state index contributed by atoms with van der Waals surface area (Å²) in [6.07, 6.45) is 4.88. The van der Waals surface area contributed by atoms with Gasteiger partial charge in [0.1, 0.15) is 0 Å². The van der Waals surface area contributed by atoms with E-state index in [2.05, 4.69) is 42.4 Å². The predicted octanol–water partition coefficient (Wildman–Crippen LogP) is 0.447. The molecule has 8 heteroatoms. The molecule has 1 amide bonds. The second kappa shape index (κ2) is 5.58. The van der Waals surface area contributed by atoms with Crippen LogP contribution in [0.4, 0.5) is 5.95 Å². The molecule has 1 radical (unpaired) electrons. The molecule has 3 N–H and O–H groups in total. The van der Waals surface area contributed by atoms with Crippen molar-refractivity contribution < 1.29 is 4.79 Å². The summed E-state index contributed by atoms with van der Waals surface area (Å²) in [4.78, 5) is 18.9. The van der Waals surface area contributed by atoms with E-state index in [4.69, 9.17) is 5.73 Å². The minimum atomic E-state index is -0.585. The Kier molecular flexibility index (Phi) is 3.88. The van der Waals surface area contributed by atoms with Crippen LogP contribution in [0.15, 0.2) is 23.1 Å². The van der Waals surface area contributed by atoms with Crippen molar-refractivity contribution in [2.24, 2.45) is 5.73 Å². The van der Waals surface area contributed by atoms with Crippen molar-refractivity contribution in [3.8, 4) is 0 Å². The van der Waals surface area contributed by atoms with Crippen LogP contribution in [0.3, 0.4) is 0 Å². The van der Waals surface area contributed by atoms with Crippen molar-refractivity contribution in [1.82, 2.24) is 19.7 Å². The molecule has 0 saturated carbocycles. The van der Waals surface area contributed by atoms with Gasteiger partial charge in [-0.05, 0) is 15.9 Å². The highest BCUT2D eigenvalue weighted by atomic mass is 79.9. The topological polar surface area (TPSA) is 98.7 Å². The fraction of sp³-hybridized carbons (Fsp3) is 0.200. The summed E-state index contributed by atoms with van der Waals surface area (Å²) in [6.45, 7) is 1.14. The molecule has 0 aliphatic heterocycles. The summed E-state index contributed by atoms with van der Waals surface area (Å²) in [5, 5.41) is 6.98. The Hall–Kier alpha value is -1.96. The Labute approximate surface area is 112 Å². The Morgan fingerprint density at radius 1 is 1.50 bits per heavy atom. The number of nitrogens with one attached hydrogen (secondary N) is 1. The molecule has 0 aliphatic carbocycles. The van der Waals surface area contributed by atoms with Crippen LogP contribution >= 0.6 is 15.9 Å². The molecular formula is C10H10BrN6O. The van der Waals surface area contributed by atoms with E-state index in [-0.39, 0.29) is 5.69 Å². The monoisotopic (exact) mass is 309 g/mol. The largest absolute Gasteiger partial charge is 0.364 e. The van der Waals surface area contributed by atoms with Gasteiger partial charge in [0.05, 0.1) is 11.0 Å². The first-order valence-corrected chi connectivity index (χ1v) is 5.91. The number of rotatable bonds is 5. The lowest BCUT2D eigenvalue weighted by Crippen LogP contribution is -2.15. The van der Waals surface area contributed by atoms with Crippen molar-refractivity contribution in [1.29, 1.82) is 0 Å². The summed E-state index contributed by atoms with van der Waals surface area (Å²) < 4.78 is 2.40. The first-order valence-electron chi connectivity index (χ1n) is 5.11. The molecule has 0 aromatic carbocycles. The lowest BCUT2D eigenvalue weighted by atomic mass is 10.4. The molecule has 2 aromatic rings. The molecule has 2 heterocycles. The maximum absolute atomic E-state index is 10.8. The van der Waals surface area contributed by atoms with Gasteiger partial charge in [-0.3, -0.25) is 9.48 Å². The predicted molar refractivity (Wildman–Crippen MR) is 67.8 cm³/mol. The van der Waals surface area contributed by atoms with Crippen LogP contribution < -0.4 is 11.1 Å². The summed E-state index contributed by atoms with van der Waals surface area (Å²) in [7, 11) is 0. The van der Waals surface area contributed by atoms with Gasteiger partial charge in [-0.1, -0.05) is 0 Å². The summed E-state index contributed by atoms with van der Waals surface area (Å²) in [5.74, 6) is -0.0533. The smallest absolute Gasteiger partial charge is 0.269 e. The zero-order valence-corrected chi connectivity index (χ0v) is 10.9. The molecule has 2 rings (SSSR count). The second-order valence-electron chi connectivity index (χ2n) is 3.40. The van der Waals surface area contributed by atoms with Crippen molar-refractivity contribution >= 4 is 27.8 Å². The van der Waals surface area contributed by atoms with Gasteiger partial charge >= 0.3 is 0 Å². The fourth-order valence-corrected chi connectivity index (χ4v) is 1.45. The number of carbonyl (C=O) groups excluding carboxylic acids is 1. The van der Waals surface area contributed by atoms with Crippen LogP contribution in [0, 0.1) is 6.07 Å². The Morgan fingerprint density at radius 2 is 2.22 bits per heavy atom. The molecular weight excluding hydrogens is 300 g/mol. The van der Waals surface area contributed by atoms with Gasteiger partial charge in [0, 0.05) is 31.2 Å². The molecule has 0 spiro atoms. The van der Waals surface area contributed by atoms with E-state index in [1.807, 2.05) is 0 Å². The zero-order chi connectivity index (χ0) is 13.0. The average Bonchev–Trinajstić information content (AvgIpc) is 2.81. The minimum Gasteiger partial charge on any atom is -0.364 e. The van der Waals surface area contributed by atoms with E-state index >= 15 is 0 Å². The maximum Gasteiger partial charge on any atom is 0.269 e. The number of carbonyl (C=O) groups is 1. The Balaban J connectivity index is 1.84. The van der Waals surface area contributed by atoms with Crippen LogP contribution in [-0.2, 0) is 6.54 Å². The van der Waals surface area contributed by atoms with E-state index in [9.17, 15) is 4.79 Å². The van der Waals surface area contributed by atoms with Gasteiger partial charge < -0.3 is 11.1 Å². The quantitative estimate of drug-likeness (QED) is 0.835. The number of nitrogens with zero attached hydrogens (tertiary/aromatic N) is 4. The van der Waals surface area contributed by atoms with Gasteiger partial charge in [-0.2, -0.15) is 5.10 Å². The average molecular weight is 310 g/mol. The van der Waals surface area contributed by atoms with Crippen LogP contribution in [-0.4, -0.2) is 32.2 Å². The fourth-order valence-electron chi connectivity index (χ4n) is 1.24. The highest BCUT2D eigenvalue weighted by Crippen LogP contribution is 2.06. The summed E-state index contributed by atoms with van der Waals surface area (Å²) >= 11 is 3.25. The van der Waals surface area contributed by atoms with Gasteiger partial charge in [-0.25, -0.2) is 9.97 Å². The maximum atomic E-state index is 10.8. The number of primary amides is 1. The number of aromatic nitrogens is 4. The number of halogens is 1. The number of hydrogen-bond acceptors (Lipinski definition) is 5. The first-order chi connectivity index (χ1) is 8.65. The van der Waals surface area contributed by atoms with E-state index in [0.717, 1.165) is 4.47 Å². The van der Waals surface area contributed by atoms with Crippen LogP contribution in [0.2, 0.25) is 0 Å². The Morgan fingerprint density at radius 3 is 2.83 bits per heavy atom. The van der Waals surface area contributed by atoms with E-state index in [0.29, 0.717) is 19.0 Å². The third kappa shape index (κ3) is 3.27. The van der Waals surface area contributed by atoms with Gasteiger partial charge in [-0.15, -0.1) is 0 Å². The van der Waals surface area contributed by atoms with Crippen LogP contribution in [0.1, 0.15) is 10.5 Å².